The molecule has 92 valence electrons. The van der Waals surface area contributed by atoms with Crippen LogP contribution in [0, 0.1) is 0 Å². The average Bonchev–Trinajstić information content (AvgIpc) is 3.10. The Kier molecular flexibility index (Phi) is 2.80. The second-order valence-electron chi connectivity index (χ2n) is 4.10. The molecule has 0 fully saturated rings. The molecular weight excluding hydrogens is 228 g/mol. The van der Waals surface area contributed by atoms with Gasteiger partial charge in [-0.3, -0.25) is 4.99 Å². The lowest BCUT2D eigenvalue weighted by Crippen LogP contribution is -2.19. The molecule has 2 heterocycles. The Labute approximate surface area is 105 Å². The van der Waals surface area contributed by atoms with Gasteiger partial charge in [0, 0.05) is 24.1 Å². The van der Waals surface area contributed by atoms with Gasteiger partial charge in [0.25, 0.3) is 0 Å². The summed E-state index contributed by atoms with van der Waals surface area (Å²) < 4.78 is 5.10. The lowest BCUT2D eigenvalue weighted by atomic mass is 10.1. The number of nitrogens with zero attached hydrogens (tertiary/aromatic N) is 3. The fraction of sp³-hybridized carbons (Fsp3) is 0.308. The van der Waals surface area contributed by atoms with Gasteiger partial charge in [0.05, 0.1) is 6.54 Å². The first-order valence-electron chi connectivity index (χ1n) is 6.08. The number of aryl methyl sites for hydroxylation is 1. The van der Waals surface area contributed by atoms with Crippen LogP contribution in [0.5, 0.6) is 0 Å². The van der Waals surface area contributed by atoms with Gasteiger partial charge in [0.2, 0.25) is 11.7 Å². The molecule has 0 radical (unpaired) electrons. The zero-order valence-corrected chi connectivity index (χ0v) is 10.2. The molecule has 1 aliphatic heterocycles. The van der Waals surface area contributed by atoms with Gasteiger partial charge in [-0.1, -0.05) is 36.3 Å². The van der Waals surface area contributed by atoms with Crippen molar-refractivity contribution in [3.63, 3.8) is 0 Å². The molecule has 18 heavy (non-hydrogen) atoms. The first-order valence-corrected chi connectivity index (χ1v) is 6.08. The molecule has 0 bridgehead atoms. The maximum atomic E-state index is 5.10. The first kappa shape index (κ1) is 11.0. The summed E-state index contributed by atoms with van der Waals surface area (Å²) >= 11 is 0. The molecule has 1 aromatic heterocycles. The number of nitrogens with one attached hydrogen (secondary N) is 1. The second kappa shape index (κ2) is 4.60. The highest BCUT2D eigenvalue weighted by Crippen LogP contribution is 2.17. The van der Waals surface area contributed by atoms with Crippen LogP contribution in [0.3, 0.4) is 0 Å². The van der Waals surface area contributed by atoms with E-state index in [2.05, 4.69) is 20.4 Å². The molecule has 1 N–H and O–H groups in total. The molecule has 5 nitrogen and oxygen atoms in total. The summed E-state index contributed by atoms with van der Waals surface area (Å²) in [6.45, 7) is 3.76. The van der Waals surface area contributed by atoms with Gasteiger partial charge >= 0.3 is 0 Å². The van der Waals surface area contributed by atoms with Crippen LogP contribution in [0.15, 0.2) is 33.8 Å². The highest BCUT2D eigenvalue weighted by molar-refractivity contribution is 5.99. The smallest absolute Gasteiger partial charge is 0.226 e. The quantitative estimate of drug-likeness (QED) is 0.888. The van der Waals surface area contributed by atoms with Crippen LogP contribution in [0.25, 0.3) is 11.4 Å². The van der Waals surface area contributed by atoms with Crippen molar-refractivity contribution >= 4 is 5.84 Å². The van der Waals surface area contributed by atoms with E-state index in [1.807, 2.05) is 31.2 Å². The SMILES string of the molecule is CCc1nc(-c2ccc(C3=NCCN3)cc2)no1. The minimum Gasteiger partial charge on any atom is -0.368 e. The third kappa shape index (κ3) is 1.99. The Morgan fingerprint density at radius 2 is 2.00 bits per heavy atom. The van der Waals surface area contributed by atoms with Gasteiger partial charge in [-0.15, -0.1) is 0 Å². The first-order chi connectivity index (χ1) is 8.86. The number of aliphatic imine (C=N–C) groups is 1. The molecule has 3 rings (SSSR count). The molecular formula is C13H14N4O. The van der Waals surface area contributed by atoms with Crippen molar-refractivity contribution in [3.8, 4) is 11.4 Å². The van der Waals surface area contributed by atoms with E-state index < -0.39 is 0 Å². The highest BCUT2D eigenvalue weighted by Gasteiger charge is 2.10. The molecule has 2 aromatic rings. The Balaban J connectivity index is 1.86. The number of rotatable bonds is 3. The topological polar surface area (TPSA) is 63.3 Å². The largest absolute Gasteiger partial charge is 0.368 e. The lowest BCUT2D eigenvalue weighted by molar-refractivity contribution is 0.383. The van der Waals surface area contributed by atoms with Crippen molar-refractivity contribution < 1.29 is 4.52 Å². The van der Waals surface area contributed by atoms with Crippen LogP contribution < -0.4 is 5.32 Å². The Bertz CT molecular complexity index is 571. The maximum absolute atomic E-state index is 5.10. The third-order valence-corrected chi connectivity index (χ3v) is 2.86. The Morgan fingerprint density at radius 1 is 1.22 bits per heavy atom. The van der Waals surface area contributed by atoms with E-state index in [-0.39, 0.29) is 0 Å². The zero-order valence-electron chi connectivity index (χ0n) is 10.2. The van der Waals surface area contributed by atoms with Crippen LogP contribution >= 0.6 is 0 Å². The normalized spacial score (nSPS) is 14.4. The summed E-state index contributed by atoms with van der Waals surface area (Å²) in [6.07, 6.45) is 0.756. The van der Waals surface area contributed by atoms with Crippen LogP contribution in [0.1, 0.15) is 18.4 Å². The van der Waals surface area contributed by atoms with E-state index in [0.717, 1.165) is 36.5 Å². The summed E-state index contributed by atoms with van der Waals surface area (Å²) in [5.41, 5.74) is 2.05. The lowest BCUT2D eigenvalue weighted by Gasteiger charge is -2.02. The summed E-state index contributed by atoms with van der Waals surface area (Å²) in [7, 11) is 0. The van der Waals surface area contributed by atoms with Crippen molar-refractivity contribution in [1.82, 2.24) is 15.5 Å². The van der Waals surface area contributed by atoms with Gasteiger partial charge < -0.3 is 9.84 Å². The Morgan fingerprint density at radius 3 is 2.61 bits per heavy atom. The minimum atomic E-state index is 0.639. The van der Waals surface area contributed by atoms with E-state index in [4.69, 9.17) is 4.52 Å². The van der Waals surface area contributed by atoms with Gasteiger partial charge in [-0.25, -0.2) is 0 Å². The van der Waals surface area contributed by atoms with Crippen LogP contribution in [-0.2, 0) is 6.42 Å². The highest BCUT2D eigenvalue weighted by atomic mass is 16.5. The number of amidine groups is 1. The number of aromatic nitrogens is 2. The molecule has 0 atom stereocenters. The van der Waals surface area contributed by atoms with Gasteiger partial charge in [0.1, 0.15) is 5.84 Å². The summed E-state index contributed by atoms with van der Waals surface area (Å²) in [5.74, 6) is 2.26. The van der Waals surface area contributed by atoms with Crippen LogP contribution in [0.4, 0.5) is 0 Å². The van der Waals surface area contributed by atoms with Crippen molar-refractivity contribution in [1.29, 1.82) is 0 Å². The molecule has 0 unspecified atom stereocenters. The Hall–Kier alpha value is -2.17. The predicted octanol–water partition coefficient (Wildman–Crippen LogP) is 1.65. The molecule has 0 amide bonds. The number of benzene rings is 1. The van der Waals surface area contributed by atoms with Gasteiger partial charge in [0.15, 0.2) is 0 Å². The molecule has 0 aliphatic carbocycles. The van der Waals surface area contributed by atoms with E-state index >= 15 is 0 Å². The standard InChI is InChI=1S/C13H14N4O/c1-2-11-16-13(17-18-11)10-5-3-9(4-6-10)12-14-7-8-15-12/h3-6H,2,7-8H2,1H3,(H,14,15). The predicted molar refractivity (Wildman–Crippen MR) is 68.5 cm³/mol. The van der Waals surface area contributed by atoms with Crippen molar-refractivity contribution in [3.05, 3.63) is 35.7 Å². The summed E-state index contributed by atoms with van der Waals surface area (Å²) in [5, 5.41) is 7.20. The van der Waals surface area contributed by atoms with Crippen LogP contribution in [-0.4, -0.2) is 29.1 Å². The number of hydrogen-bond donors (Lipinski definition) is 1. The fourth-order valence-corrected chi connectivity index (χ4v) is 1.88. The van der Waals surface area contributed by atoms with Gasteiger partial charge in [-0.05, 0) is 0 Å². The van der Waals surface area contributed by atoms with E-state index in [9.17, 15) is 0 Å². The van der Waals surface area contributed by atoms with Crippen LogP contribution in [0.2, 0.25) is 0 Å². The summed E-state index contributed by atoms with van der Waals surface area (Å²) in [6, 6.07) is 8.02. The third-order valence-electron chi connectivity index (χ3n) is 2.86. The maximum Gasteiger partial charge on any atom is 0.226 e. The zero-order chi connectivity index (χ0) is 12.4. The van der Waals surface area contributed by atoms with Crippen molar-refractivity contribution in [2.45, 2.75) is 13.3 Å². The molecule has 5 heteroatoms. The van der Waals surface area contributed by atoms with Crippen molar-refractivity contribution in [2.24, 2.45) is 4.99 Å². The molecule has 0 saturated carbocycles. The average molecular weight is 242 g/mol. The molecule has 0 saturated heterocycles. The monoisotopic (exact) mass is 242 g/mol. The van der Waals surface area contributed by atoms with Crippen molar-refractivity contribution in [2.75, 3.05) is 13.1 Å². The summed E-state index contributed by atoms with van der Waals surface area (Å²) in [4.78, 5) is 8.68. The van der Waals surface area contributed by atoms with E-state index in [0.29, 0.717) is 11.7 Å². The molecule has 0 spiro atoms. The fourth-order valence-electron chi connectivity index (χ4n) is 1.88. The number of hydrogen-bond acceptors (Lipinski definition) is 5. The van der Waals surface area contributed by atoms with Gasteiger partial charge in [-0.2, -0.15) is 4.98 Å². The second-order valence-corrected chi connectivity index (χ2v) is 4.10. The van der Waals surface area contributed by atoms with E-state index in [1.165, 1.54) is 0 Å². The minimum absolute atomic E-state index is 0.639. The van der Waals surface area contributed by atoms with E-state index in [1.54, 1.807) is 0 Å². The molecule has 1 aliphatic rings. The molecule has 1 aromatic carbocycles.